The quantitative estimate of drug-likeness (QED) is 0.753. The fourth-order valence-corrected chi connectivity index (χ4v) is 4.64. The Morgan fingerprint density at radius 3 is 2.20 bits per heavy atom. The summed E-state index contributed by atoms with van der Waals surface area (Å²) < 4.78 is 0. The Bertz CT molecular complexity index is 839. The van der Waals surface area contributed by atoms with Crippen LogP contribution in [0.1, 0.15) is 49.8 Å². The van der Waals surface area contributed by atoms with Crippen molar-refractivity contribution in [1.29, 1.82) is 0 Å². The number of nitrogens with zero attached hydrogens (tertiary/aromatic N) is 4. The van der Waals surface area contributed by atoms with Crippen LogP contribution in [0.4, 0.5) is 4.79 Å². The highest BCUT2D eigenvalue weighted by atomic mass is 16.2. The second kappa shape index (κ2) is 8.90. The maximum atomic E-state index is 13.1. The molecule has 1 aromatic carbocycles. The van der Waals surface area contributed by atoms with E-state index in [0.29, 0.717) is 26.2 Å². The highest BCUT2D eigenvalue weighted by Crippen LogP contribution is 2.33. The summed E-state index contributed by atoms with van der Waals surface area (Å²) in [5.41, 5.74) is 2.05. The van der Waals surface area contributed by atoms with Gasteiger partial charge < -0.3 is 19.6 Å². The van der Waals surface area contributed by atoms with Crippen molar-refractivity contribution in [1.82, 2.24) is 19.6 Å². The molecule has 1 aromatic rings. The van der Waals surface area contributed by atoms with E-state index in [0.717, 1.165) is 37.1 Å². The minimum absolute atomic E-state index is 0.0291. The molecule has 4 amide bonds. The number of benzene rings is 1. The first-order valence-electron chi connectivity index (χ1n) is 10.9. The largest absolute Gasteiger partial charge is 0.339 e. The van der Waals surface area contributed by atoms with Gasteiger partial charge in [0.1, 0.15) is 0 Å². The number of carbonyl (C=O) groups excluding carboxylic acids is 3. The molecule has 30 heavy (non-hydrogen) atoms. The number of carbonyl (C=O) groups is 3. The van der Waals surface area contributed by atoms with Gasteiger partial charge in [0.15, 0.2) is 0 Å². The van der Waals surface area contributed by atoms with Gasteiger partial charge in [0.25, 0.3) is 0 Å². The van der Waals surface area contributed by atoms with Crippen molar-refractivity contribution in [2.75, 3.05) is 39.3 Å². The van der Waals surface area contributed by atoms with Crippen LogP contribution in [0.15, 0.2) is 30.5 Å². The molecule has 3 heterocycles. The molecule has 7 heteroatoms. The number of piperidine rings is 1. The summed E-state index contributed by atoms with van der Waals surface area (Å²) in [5.74, 6) is -0.0445. The second-order valence-electron chi connectivity index (χ2n) is 8.29. The lowest BCUT2D eigenvalue weighted by atomic mass is 9.93. The molecule has 0 radical (unpaired) electrons. The Morgan fingerprint density at radius 2 is 1.50 bits per heavy atom. The third-order valence-electron chi connectivity index (χ3n) is 6.37. The molecular formula is C23H30N4O3. The van der Waals surface area contributed by atoms with E-state index in [1.807, 2.05) is 45.0 Å². The third-order valence-corrected chi connectivity index (χ3v) is 6.37. The molecule has 2 saturated heterocycles. The number of urea groups is 1. The van der Waals surface area contributed by atoms with Gasteiger partial charge in [-0.25, -0.2) is 4.79 Å². The van der Waals surface area contributed by atoms with E-state index < -0.39 is 0 Å². The van der Waals surface area contributed by atoms with Crippen molar-refractivity contribution >= 4 is 23.9 Å². The number of hydrogen-bond donors (Lipinski definition) is 0. The van der Waals surface area contributed by atoms with Crippen LogP contribution in [0.5, 0.6) is 0 Å². The molecule has 0 spiro atoms. The fourth-order valence-electron chi connectivity index (χ4n) is 4.64. The van der Waals surface area contributed by atoms with E-state index in [1.54, 1.807) is 11.1 Å². The maximum absolute atomic E-state index is 13.1. The van der Waals surface area contributed by atoms with E-state index >= 15 is 0 Å². The monoisotopic (exact) mass is 410 g/mol. The zero-order chi connectivity index (χ0) is 21.1. The van der Waals surface area contributed by atoms with Crippen molar-refractivity contribution in [3.8, 4) is 0 Å². The van der Waals surface area contributed by atoms with Crippen LogP contribution in [0.2, 0.25) is 0 Å². The van der Waals surface area contributed by atoms with E-state index in [-0.39, 0.29) is 30.3 Å². The lowest BCUT2D eigenvalue weighted by Gasteiger charge is -2.39. The predicted molar refractivity (Wildman–Crippen MR) is 114 cm³/mol. The summed E-state index contributed by atoms with van der Waals surface area (Å²) >= 11 is 0. The summed E-state index contributed by atoms with van der Waals surface area (Å²) in [5, 5.41) is 0. The first-order valence-corrected chi connectivity index (χ1v) is 10.9. The SMILES string of the molecule is CC(=O)N1C=Cc2ccccc2C1CC(=O)N1CCN(C(=O)N2CCCCC2)CC1. The van der Waals surface area contributed by atoms with Crippen LogP contribution in [-0.4, -0.2) is 76.7 Å². The number of amides is 4. The average Bonchev–Trinajstić information content (AvgIpc) is 2.79. The standard InChI is InChI=1S/C23H30N4O3/c1-18(28)27-12-9-19-7-3-4-8-20(19)21(27)17-22(29)24-13-15-26(16-14-24)23(30)25-10-5-2-6-11-25/h3-4,7-9,12,21H,2,5-6,10-11,13-17H2,1H3. The highest BCUT2D eigenvalue weighted by Gasteiger charge is 2.32. The number of fused-ring (bicyclic) bond motifs is 1. The number of rotatable bonds is 2. The van der Waals surface area contributed by atoms with Gasteiger partial charge in [0.2, 0.25) is 11.8 Å². The first kappa shape index (κ1) is 20.4. The summed E-state index contributed by atoms with van der Waals surface area (Å²) in [6.45, 7) is 5.43. The molecule has 0 bridgehead atoms. The van der Waals surface area contributed by atoms with E-state index in [4.69, 9.17) is 0 Å². The Labute approximate surface area is 177 Å². The number of hydrogen-bond acceptors (Lipinski definition) is 3. The normalized spacial score (nSPS) is 21.4. The minimum Gasteiger partial charge on any atom is -0.339 e. The van der Waals surface area contributed by atoms with Crippen LogP contribution in [0, 0.1) is 0 Å². The molecule has 0 N–H and O–H groups in total. The van der Waals surface area contributed by atoms with Gasteiger partial charge in [0.05, 0.1) is 12.5 Å². The third kappa shape index (κ3) is 4.20. The minimum atomic E-state index is -0.288. The van der Waals surface area contributed by atoms with Crippen LogP contribution < -0.4 is 0 Å². The molecular weight excluding hydrogens is 380 g/mol. The van der Waals surface area contributed by atoms with Crippen molar-refractivity contribution < 1.29 is 14.4 Å². The van der Waals surface area contributed by atoms with E-state index in [9.17, 15) is 14.4 Å². The van der Waals surface area contributed by atoms with Crippen molar-refractivity contribution in [3.63, 3.8) is 0 Å². The van der Waals surface area contributed by atoms with E-state index in [2.05, 4.69) is 0 Å². The van der Waals surface area contributed by atoms with Gasteiger partial charge in [0, 0.05) is 52.4 Å². The lowest BCUT2D eigenvalue weighted by Crippen LogP contribution is -2.55. The van der Waals surface area contributed by atoms with Crippen LogP contribution >= 0.6 is 0 Å². The molecule has 7 nitrogen and oxygen atoms in total. The summed E-state index contributed by atoms with van der Waals surface area (Å²) in [6.07, 6.45) is 7.30. The van der Waals surface area contributed by atoms with Gasteiger partial charge in [-0.1, -0.05) is 24.3 Å². The molecule has 2 fully saturated rings. The predicted octanol–water partition coefficient (Wildman–Crippen LogP) is 2.70. The lowest BCUT2D eigenvalue weighted by molar-refractivity contribution is -0.135. The Morgan fingerprint density at radius 1 is 0.867 bits per heavy atom. The first-order chi connectivity index (χ1) is 14.5. The molecule has 1 unspecified atom stereocenters. The van der Waals surface area contributed by atoms with Gasteiger partial charge in [-0.2, -0.15) is 0 Å². The molecule has 3 aliphatic rings. The molecule has 0 aliphatic carbocycles. The van der Waals surface area contributed by atoms with Crippen LogP contribution in [0.25, 0.3) is 6.08 Å². The van der Waals surface area contributed by atoms with Gasteiger partial charge in [-0.05, 0) is 36.5 Å². The van der Waals surface area contributed by atoms with Gasteiger partial charge >= 0.3 is 6.03 Å². The number of piperazine rings is 1. The van der Waals surface area contributed by atoms with Crippen LogP contribution in [-0.2, 0) is 9.59 Å². The molecule has 160 valence electrons. The fraction of sp³-hybridized carbons (Fsp3) is 0.522. The summed E-state index contributed by atoms with van der Waals surface area (Å²) in [6, 6.07) is 7.72. The Kier molecular flexibility index (Phi) is 6.06. The topological polar surface area (TPSA) is 64.2 Å². The second-order valence-corrected chi connectivity index (χ2v) is 8.29. The maximum Gasteiger partial charge on any atom is 0.320 e. The van der Waals surface area contributed by atoms with Crippen molar-refractivity contribution in [2.24, 2.45) is 0 Å². The summed E-state index contributed by atoms with van der Waals surface area (Å²) in [4.78, 5) is 45.2. The molecule has 0 aromatic heterocycles. The van der Waals surface area contributed by atoms with Crippen molar-refractivity contribution in [2.45, 2.75) is 38.6 Å². The highest BCUT2D eigenvalue weighted by molar-refractivity contribution is 5.82. The average molecular weight is 411 g/mol. The zero-order valence-corrected chi connectivity index (χ0v) is 17.6. The molecule has 3 aliphatic heterocycles. The van der Waals surface area contributed by atoms with Gasteiger partial charge in [-0.15, -0.1) is 0 Å². The van der Waals surface area contributed by atoms with Crippen LogP contribution in [0.3, 0.4) is 0 Å². The smallest absolute Gasteiger partial charge is 0.320 e. The van der Waals surface area contributed by atoms with Gasteiger partial charge in [-0.3, -0.25) is 9.59 Å². The van der Waals surface area contributed by atoms with Crippen molar-refractivity contribution in [3.05, 3.63) is 41.6 Å². The van der Waals surface area contributed by atoms with E-state index in [1.165, 1.54) is 13.3 Å². The Hall–Kier alpha value is -2.83. The zero-order valence-electron chi connectivity index (χ0n) is 17.6. The molecule has 0 saturated carbocycles. The molecule has 4 rings (SSSR count). The molecule has 1 atom stereocenters. The Balaban J connectivity index is 1.38. The number of likely N-dealkylation sites (tertiary alicyclic amines) is 1. The summed E-state index contributed by atoms with van der Waals surface area (Å²) in [7, 11) is 0.